The van der Waals surface area contributed by atoms with E-state index in [-0.39, 0.29) is 6.42 Å². The lowest BCUT2D eigenvalue weighted by molar-refractivity contribution is -0.135. The fourth-order valence-electron chi connectivity index (χ4n) is 2.26. The second-order valence-electron chi connectivity index (χ2n) is 5.00. The van der Waals surface area contributed by atoms with E-state index < -0.39 is 5.97 Å². The Bertz CT molecular complexity index is 832. The Morgan fingerprint density at radius 3 is 2.61 bits per heavy atom. The van der Waals surface area contributed by atoms with Gasteiger partial charge in [0.1, 0.15) is 10.8 Å². The molecule has 0 unspecified atom stereocenters. The van der Waals surface area contributed by atoms with Gasteiger partial charge in [-0.15, -0.1) is 11.3 Å². The first-order valence-corrected chi connectivity index (χ1v) is 7.90. The average molecular weight is 325 g/mol. The molecule has 116 valence electrons. The number of nitrogens with zero attached hydrogens (tertiary/aromatic N) is 1. The molecule has 0 saturated carbocycles. The third-order valence-corrected chi connectivity index (χ3v) is 4.48. The molecule has 1 N–H and O–H groups in total. The Hall–Kier alpha value is -2.66. The SMILES string of the molecule is COc1ccc(/C=C(\CC(=O)O)c2nc3ccccc3s2)cc1. The van der Waals surface area contributed by atoms with Crippen molar-refractivity contribution in [2.45, 2.75) is 6.42 Å². The summed E-state index contributed by atoms with van der Waals surface area (Å²) in [5.41, 5.74) is 2.50. The number of hydrogen-bond acceptors (Lipinski definition) is 4. The number of para-hydroxylation sites is 1. The molecule has 23 heavy (non-hydrogen) atoms. The number of carbonyl (C=O) groups is 1. The van der Waals surface area contributed by atoms with Crippen LogP contribution in [-0.2, 0) is 4.79 Å². The minimum Gasteiger partial charge on any atom is -0.497 e. The third-order valence-electron chi connectivity index (χ3n) is 3.37. The number of hydrogen-bond donors (Lipinski definition) is 1. The number of aromatic nitrogens is 1. The van der Waals surface area contributed by atoms with Crippen LogP contribution in [0.15, 0.2) is 48.5 Å². The zero-order chi connectivity index (χ0) is 16.2. The number of thiazole rings is 1. The van der Waals surface area contributed by atoms with Gasteiger partial charge in [0.15, 0.2) is 0 Å². The standard InChI is InChI=1S/C18H15NO3S/c1-22-14-8-6-12(7-9-14)10-13(11-17(20)21)18-19-15-4-2-3-5-16(15)23-18/h2-10H,11H2,1H3,(H,20,21)/b13-10+. The third kappa shape index (κ3) is 3.57. The van der Waals surface area contributed by atoms with Crippen molar-refractivity contribution >= 4 is 39.2 Å². The summed E-state index contributed by atoms with van der Waals surface area (Å²) >= 11 is 1.51. The van der Waals surface area contributed by atoms with E-state index in [9.17, 15) is 9.90 Å². The van der Waals surface area contributed by atoms with E-state index in [1.165, 1.54) is 11.3 Å². The van der Waals surface area contributed by atoms with Crippen LogP contribution in [0.5, 0.6) is 5.75 Å². The van der Waals surface area contributed by atoms with Crippen LogP contribution in [0, 0.1) is 0 Å². The molecule has 0 radical (unpaired) electrons. The van der Waals surface area contributed by atoms with Crippen LogP contribution in [0.2, 0.25) is 0 Å². The van der Waals surface area contributed by atoms with E-state index in [0.29, 0.717) is 5.57 Å². The first-order valence-electron chi connectivity index (χ1n) is 7.08. The van der Waals surface area contributed by atoms with E-state index >= 15 is 0 Å². The zero-order valence-corrected chi connectivity index (χ0v) is 13.3. The maximum absolute atomic E-state index is 11.2. The van der Waals surface area contributed by atoms with Crippen LogP contribution in [0.1, 0.15) is 17.0 Å². The summed E-state index contributed by atoms with van der Waals surface area (Å²) in [6, 6.07) is 15.3. The number of rotatable bonds is 5. The molecule has 0 aliphatic heterocycles. The normalized spacial score (nSPS) is 11.6. The number of methoxy groups -OCH3 is 1. The smallest absolute Gasteiger partial charge is 0.307 e. The molecule has 5 heteroatoms. The molecular formula is C18H15NO3S. The predicted octanol–water partition coefficient (Wildman–Crippen LogP) is 4.32. The lowest BCUT2D eigenvalue weighted by atomic mass is 10.1. The largest absolute Gasteiger partial charge is 0.497 e. The minimum absolute atomic E-state index is 0.0636. The number of benzene rings is 2. The van der Waals surface area contributed by atoms with Crippen molar-refractivity contribution in [3.63, 3.8) is 0 Å². The molecule has 0 saturated heterocycles. The quantitative estimate of drug-likeness (QED) is 0.759. The van der Waals surface area contributed by atoms with Crippen LogP contribution in [0.4, 0.5) is 0 Å². The van der Waals surface area contributed by atoms with E-state index in [2.05, 4.69) is 4.98 Å². The number of aliphatic carboxylic acids is 1. The Balaban J connectivity index is 2.01. The molecule has 0 amide bonds. The molecule has 0 fully saturated rings. The van der Waals surface area contributed by atoms with E-state index in [4.69, 9.17) is 4.74 Å². The lowest BCUT2D eigenvalue weighted by Crippen LogP contribution is -1.97. The van der Waals surface area contributed by atoms with Crippen molar-refractivity contribution in [3.8, 4) is 5.75 Å². The molecule has 3 aromatic rings. The molecule has 1 aromatic heterocycles. The fraction of sp³-hybridized carbons (Fsp3) is 0.111. The summed E-state index contributed by atoms with van der Waals surface area (Å²) < 4.78 is 6.19. The van der Waals surface area contributed by atoms with Crippen molar-refractivity contribution in [2.75, 3.05) is 7.11 Å². The number of carboxylic acid groups (broad SMARTS) is 1. The average Bonchev–Trinajstić information content (AvgIpc) is 2.98. The highest BCUT2D eigenvalue weighted by Gasteiger charge is 2.12. The fourth-order valence-corrected chi connectivity index (χ4v) is 3.24. The Kier molecular flexibility index (Phi) is 4.39. The number of fused-ring (bicyclic) bond motifs is 1. The monoisotopic (exact) mass is 325 g/mol. The second-order valence-corrected chi connectivity index (χ2v) is 6.03. The van der Waals surface area contributed by atoms with Gasteiger partial charge in [-0.3, -0.25) is 4.79 Å². The van der Waals surface area contributed by atoms with Gasteiger partial charge in [-0.2, -0.15) is 0 Å². The van der Waals surface area contributed by atoms with Gasteiger partial charge in [0.2, 0.25) is 0 Å². The van der Waals surface area contributed by atoms with Gasteiger partial charge in [-0.05, 0) is 41.5 Å². The Labute approximate surface area is 137 Å². The van der Waals surface area contributed by atoms with E-state index in [0.717, 1.165) is 26.5 Å². The van der Waals surface area contributed by atoms with Crippen LogP contribution in [-0.4, -0.2) is 23.2 Å². The van der Waals surface area contributed by atoms with Crippen LogP contribution in [0.25, 0.3) is 21.9 Å². The highest BCUT2D eigenvalue weighted by atomic mass is 32.1. The van der Waals surface area contributed by atoms with Gasteiger partial charge in [0, 0.05) is 0 Å². The van der Waals surface area contributed by atoms with Gasteiger partial charge in [0.05, 0.1) is 23.7 Å². The predicted molar refractivity (Wildman–Crippen MR) is 92.7 cm³/mol. The Morgan fingerprint density at radius 2 is 1.96 bits per heavy atom. The summed E-state index contributed by atoms with van der Waals surface area (Å²) in [6.45, 7) is 0. The maximum atomic E-state index is 11.2. The Morgan fingerprint density at radius 1 is 1.22 bits per heavy atom. The van der Waals surface area contributed by atoms with Crippen molar-refractivity contribution in [1.82, 2.24) is 4.98 Å². The van der Waals surface area contributed by atoms with Gasteiger partial charge >= 0.3 is 5.97 Å². The van der Waals surface area contributed by atoms with Crippen molar-refractivity contribution in [1.29, 1.82) is 0 Å². The molecule has 0 aliphatic rings. The zero-order valence-electron chi connectivity index (χ0n) is 12.5. The molecular weight excluding hydrogens is 310 g/mol. The van der Waals surface area contributed by atoms with Crippen LogP contribution < -0.4 is 4.74 Å². The van der Waals surface area contributed by atoms with Gasteiger partial charge < -0.3 is 9.84 Å². The summed E-state index contributed by atoms with van der Waals surface area (Å²) in [6.07, 6.45) is 1.80. The van der Waals surface area contributed by atoms with E-state index in [1.807, 2.05) is 54.6 Å². The van der Waals surface area contributed by atoms with Crippen molar-refractivity contribution in [2.24, 2.45) is 0 Å². The highest BCUT2D eigenvalue weighted by Crippen LogP contribution is 2.30. The van der Waals surface area contributed by atoms with Crippen LogP contribution in [0.3, 0.4) is 0 Å². The summed E-state index contributed by atoms with van der Waals surface area (Å²) in [5.74, 6) is -0.106. The highest BCUT2D eigenvalue weighted by molar-refractivity contribution is 7.19. The maximum Gasteiger partial charge on any atom is 0.307 e. The van der Waals surface area contributed by atoms with Crippen molar-refractivity contribution < 1.29 is 14.6 Å². The van der Waals surface area contributed by atoms with Gasteiger partial charge in [-0.25, -0.2) is 4.98 Å². The molecule has 0 aliphatic carbocycles. The first kappa shape index (κ1) is 15.2. The molecule has 4 nitrogen and oxygen atoms in total. The second kappa shape index (κ2) is 6.62. The summed E-state index contributed by atoms with van der Waals surface area (Å²) in [4.78, 5) is 15.8. The number of carboxylic acids is 1. The first-order chi connectivity index (χ1) is 11.2. The molecule has 3 rings (SSSR count). The summed E-state index contributed by atoms with van der Waals surface area (Å²) in [7, 11) is 1.61. The molecule has 2 aromatic carbocycles. The van der Waals surface area contributed by atoms with Crippen LogP contribution >= 0.6 is 11.3 Å². The lowest BCUT2D eigenvalue weighted by Gasteiger charge is -2.03. The van der Waals surface area contributed by atoms with Gasteiger partial charge in [0.25, 0.3) is 0 Å². The minimum atomic E-state index is -0.871. The molecule has 0 spiro atoms. The van der Waals surface area contributed by atoms with Crippen molar-refractivity contribution in [3.05, 3.63) is 59.1 Å². The topological polar surface area (TPSA) is 59.4 Å². The van der Waals surface area contributed by atoms with Gasteiger partial charge in [-0.1, -0.05) is 24.3 Å². The molecule has 0 bridgehead atoms. The number of ether oxygens (including phenoxy) is 1. The summed E-state index contributed by atoms with van der Waals surface area (Å²) in [5, 5.41) is 9.94. The molecule has 0 atom stereocenters. The molecule has 1 heterocycles. The van der Waals surface area contributed by atoms with E-state index in [1.54, 1.807) is 7.11 Å².